The van der Waals surface area contributed by atoms with E-state index < -0.39 is 11.7 Å². The summed E-state index contributed by atoms with van der Waals surface area (Å²) in [6.07, 6.45) is 0.331. The summed E-state index contributed by atoms with van der Waals surface area (Å²) in [5, 5.41) is 3.12. The number of amides is 1. The third-order valence-electron chi connectivity index (χ3n) is 6.26. The first-order valence-electron chi connectivity index (χ1n) is 11.6. The Labute approximate surface area is 194 Å². The van der Waals surface area contributed by atoms with Crippen LogP contribution in [0, 0.1) is 19.3 Å². The van der Waals surface area contributed by atoms with Crippen LogP contribution in [-0.2, 0) is 17.4 Å². The van der Waals surface area contributed by atoms with Crippen molar-refractivity contribution in [2.24, 2.45) is 5.41 Å². The average Bonchev–Trinajstić information content (AvgIpc) is 2.91. The highest BCUT2D eigenvalue weighted by Gasteiger charge is 2.30. The molecule has 0 saturated carbocycles. The molecule has 1 aliphatic rings. The van der Waals surface area contributed by atoms with Crippen LogP contribution in [-0.4, -0.2) is 5.91 Å². The van der Waals surface area contributed by atoms with Crippen molar-refractivity contribution in [3.8, 4) is 5.75 Å². The summed E-state index contributed by atoms with van der Waals surface area (Å²) in [4.78, 5) is 12.6. The van der Waals surface area contributed by atoms with Gasteiger partial charge in [-0.15, -0.1) is 0 Å². The van der Waals surface area contributed by atoms with Gasteiger partial charge in [-0.2, -0.15) is 13.2 Å². The minimum absolute atomic E-state index is 0.0160. The van der Waals surface area contributed by atoms with Crippen molar-refractivity contribution >= 4 is 11.6 Å². The molecule has 1 N–H and O–H groups in total. The van der Waals surface area contributed by atoms with Gasteiger partial charge in [-0.3, -0.25) is 4.79 Å². The lowest BCUT2D eigenvalue weighted by atomic mass is 9.90. The highest BCUT2D eigenvalue weighted by Crippen LogP contribution is 2.39. The number of aryl methyl sites for hydroxylation is 1. The van der Waals surface area contributed by atoms with E-state index in [-0.39, 0.29) is 17.4 Å². The van der Waals surface area contributed by atoms with Crippen LogP contribution in [0.3, 0.4) is 0 Å². The average molecular weight is 462 g/mol. The minimum atomic E-state index is -4.37. The second-order valence-electron chi connectivity index (χ2n) is 10.2. The maximum atomic E-state index is 12.9. The van der Waals surface area contributed by atoms with Gasteiger partial charge in [0.2, 0.25) is 5.91 Å². The zero-order valence-corrected chi connectivity index (χ0v) is 20.2. The van der Waals surface area contributed by atoms with Crippen molar-refractivity contribution in [1.29, 1.82) is 0 Å². The summed E-state index contributed by atoms with van der Waals surface area (Å²) in [6.45, 7) is 10.4. The molecule has 180 valence electrons. The molecule has 0 heterocycles. The lowest BCUT2D eigenvalue weighted by Gasteiger charge is -2.24. The standard InChI is InChI=1S/C27H34F3NO2/c1-17-16-22-21(18(2)25(17)31-24(32)14-15-26(3,4)5)8-6-7-9-23(22)33-20-12-10-19(11-13-20)27(28,29)30/h10-13,16,23H,6-9,14-15H2,1-5H3,(H,31,32). The molecule has 2 aromatic carbocycles. The minimum Gasteiger partial charge on any atom is -0.486 e. The topological polar surface area (TPSA) is 38.3 Å². The van der Waals surface area contributed by atoms with Gasteiger partial charge in [-0.25, -0.2) is 0 Å². The van der Waals surface area contributed by atoms with Crippen LogP contribution in [0.4, 0.5) is 18.9 Å². The van der Waals surface area contributed by atoms with Crippen LogP contribution in [0.25, 0.3) is 0 Å². The van der Waals surface area contributed by atoms with Crippen molar-refractivity contribution in [1.82, 2.24) is 0 Å². The molecule has 1 unspecified atom stereocenters. The summed E-state index contributed by atoms with van der Waals surface area (Å²) >= 11 is 0. The number of rotatable bonds is 5. The quantitative estimate of drug-likeness (QED) is 0.459. The van der Waals surface area contributed by atoms with E-state index in [1.54, 1.807) is 0 Å². The van der Waals surface area contributed by atoms with E-state index in [2.05, 4.69) is 32.2 Å². The number of anilines is 1. The number of benzene rings is 2. The first-order valence-corrected chi connectivity index (χ1v) is 11.6. The zero-order valence-electron chi connectivity index (χ0n) is 20.2. The fourth-order valence-electron chi connectivity index (χ4n) is 4.35. The highest BCUT2D eigenvalue weighted by molar-refractivity contribution is 5.92. The SMILES string of the molecule is Cc1cc2c(c(C)c1NC(=O)CCC(C)(C)C)CCCCC2Oc1ccc(C(F)(F)F)cc1. The fraction of sp³-hybridized carbons (Fsp3) is 0.519. The first kappa shape index (κ1) is 25.1. The Morgan fingerprint density at radius 3 is 2.36 bits per heavy atom. The summed E-state index contributed by atoms with van der Waals surface area (Å²) in [5.74, 6) is 0.443. The molecule has 0 aliphatic heterocycles. The molecule has 0 aromatic heterocycles. The van der Waals surface area contributed by atoms with Crippen molar-refractivity contribution in [3.63, 3.8) is 0 Å². The van der Waals surface area contributed by atoms with E-state index in [4.69, 9.17) is 4.74 Å². The molecule has 0 spiro atoms. The molecule has 2 aromatic rings. The third kappa shape index (κ3) is 6.52. The Balaban J connectivity index is 1.84. The van der Waals surface area contributed by atoms with E-state index in [1.165, 1.54) is 17.7 Å². The van der Waals surface area contributed by atoms with Crippen LogP contribution in [0.15, 0.2) is 30.3 Å². The lowest BCUT2D eigenvalue weighted by molar-refractivity contribution is -0.137. The number of carbonyl (C=O) groups is 1. The van der Waals surface area contributed by atoms with Crippen LogP contribution in [0.1, 0.15) is 86.8 Å². The maximum Gasteiger partial charge on any atom is 0.416 e. The number of ether oxygens (including phenoxy) is 1. The Kier molecular flexibility index (Phi) is 7.45. The maximum absolute atomic E-state index is 12.9. The molecule has 0 radical (unpaired) electrons. The number of alkyl halides is 3. The largest absolute Gasteiger partial charge is 0.486 e. The van der Waals surface area contributed by atoms with Crippen LogP contribution >= 0.6 is 0 Å². The highest BCUT2D eigenvalue weighted by atomic mass is 19.4. The van der Waals surface area contributed by atoms with Crippen LogP contribution < -0.4 is 10.1 Å². The Bertz CT molecular complexity index is 988. The molecule has 0 fully saturated rings. The van der Waals surface area contributed by atoms with Gasteiger partial charge < -0.3 is 10.1 Å². The van der Waals surface area contributed by atoms with Crippen LogP contribution in [0.5, 0.6) is 5.75 Å². The lowest BCUT2D eigenvalue weighted by Crippen LogP contribution is -2.18. The Morgan fingerprint density at radius 1 is 1.09 bits per heavy atom. The number of hydrogen-bond acceptors (Lipinski definition) is 2. The second-order valence-corrected chi connectivity index (χ2v) is 10.2. The van der Waals surface area contributed by atoms with Gasteiger partial charge in [0.05, 0.1) is 5.56 Å². The van der Waals surface area contributed by atoms with Crippen molar-refractivity contribution in [2.75, 3.05) is 5.32 Å². The molecule has 0 bridgehead atoms. The Hall–Kier alpha value is -2.50. The number of fused-ring (bicyclic) bond motifs is 1. The number of carbonyl (C=O) groups excluding carboxylic acids is 1. The van der Waals surface area contributed by atoms with E-state index >= 15 is 0 Å². The van der Waals surface area contributed by atoms with Gasteiger partial charge in [0, 0.05) is 12.1 Å². The fourth-order valence-corrected chi connectivity index (χ4v) is 4.35. The van der Waals surface area contributed by atoms with E-state index in [0.717, 1.165) is 66.6 Å². The van der Waals surface area contributed by atoms with E-state index in [9.17, 15) is 18.0 Å². The number of halogens is 3. The molecule has 33 heavy (non-hydrogen) atoms. The number of hydrogen-bond donors (Lipinski definition) is 1. The third-order valence-corrected chi connectivity index (χ3v) is 6.26. The summed E-state index contributed by atoms with van der Waals surface area (Å²) in [7, 11) is 0. The van der Waals surface area contributed by atoms with Gasteiger partial charge >= 0.3 is 6.18 Å². The molecule has 6 heteroatoms. The number of nitrogens with one attached hydrogen (secondary N) is 1. The van der Waals surface area contributed by atoms with Crippen LogP contribution in [0.2, 0.25) is 0 Å². The van der Waals surface area contributed by atoms with Gasteiger partial charge in [0.1, 0.15) is 11.9 Å². The molecule has 3 rings (SSSR count). The predicted molar refractivity (Wildman–Crippen MR) is 126 cm³/mol. The second kappa shape index (κ2) is 9.78. The predicted octanol–water partition coefficient (Wildman–Crippen LogP) is 7.93. The summed E-state index contributed by atoms with van der Waals surface area (Å²) in [5.41, 5.74) is 4.53. The zero-order chi connectivity index (χ0) is 24.4. The van der Waals surface area contributed by atoms with Crippen molar-refractivity contribution in [2.45, 2.75) is 85.4 Å². The van der Waals surface area contributed by atoms with E-state index in [1.807, 2.05) is 13.8 Å². The molecule has 1 aliphatic carbocycles. The van der Waals surface area contributed by atoms with Crippen molar-refractivity contribution in [3.05, 3.63) is 58.1 Å². The van der Waals surface area contributed by atoms with Gasteiger partial charge in [0.25, 0.3) is 0 Å². The van der Waals surface area contributed by atoms with Gasteiger partial charge in [-0.1, -0.05) is 26.8 Å². The smallest absolute Gasteiger partial charge is 0.416 e. The Morgan fingerprint density at radius 2 is 1.76 bits per heavy atom. The van der Waals surface area contributed by atoms with E-state index in [0.29, 0.717) is 12.2 Å². The molecule has 1 amide bonds. The molecule has 3 nitrogen and oxygen atoms in total. The molecule has 1 atom stereocenters. The monoisotopic (exact) mass is 461 g/mol. The molecular formula is C27H34F3NO2. The molecule has 0 saturated heterocycles. The van der Waals surface area contributed by atoms with Gasteiger partial charge in [-0.05, 0) is 97.9 Å². The normalized spacial score (nSPS) is 16.7. The molecular weight excluding hydrogens is 427 g/mol. The summed E-state index contributed by atoms with van der Waals surface area (Å²) < 4.78 is 44.8. The van der Waals surface area contributed by atoms with Gasteiger partial charge in [0.15, 0.2) is 0 Å². The summed E-state index contributed by atoms with van der Waals surface area (Å²) in [6, 6.07) is 6.95. The van der Waals surface area contributed by atoms with Crippen molar-refractivity contribution < 1.29 is 22.7 Å². The first-order chi connectivity index (χ1) is 15.3.